The van der Waals surface area contributed by atoms with Crippen LogP contribution in [-0.2, 0) is 0 Å². The van der Waals surface area contributed by atoms with Crippen LogP contribution in [0.25, 0.3) is 0 Å². The van der Waals surface area contributed by atoms with Crippen molar-refractivity contribution < 1.29 is 0 Å². The summed E-state index contributed by atoms with van der Waals surface area (Å²) in [5, 5.41) is 0. The van der Waals surface area contributed by atoms with Crippen molar-refractivity contribution in [1.29, 1.82) is 0 Å². The Morgan fingerprint density at radius 1 is 1.38 bits per heavy atom. The number of hydrogen-bond donors (Lipinski definition) is 1. The summed E-state index contributed by atoms with van der Waals surface area (Å²) in [7, 11) is 0. The van der Waals surface area contributed by atoms with E-state index in [-0.39, 0.29) is 11.5 Å². The minimum Gasteiger partial charge on any atom is -0.324 e. The standard InChI is InChI=1S/C11H18N2/c1-8-7-13-6-5-9(8)10(12)11(2,3)4/h5-7,10H,12H2,1-4H3/t10-/m1/s1. The van der Waals surface area contributed by atoms with E-state index in [0.29, 0.717) is 0 Å². The summed E-state index contributed by atoms with van der Waals surface area (Å²) in [5.41, 5.74) is 8.62. The van der Waals surface area contributed by atoms with Crippen molar-refractivity contribution >= 4 is 0 Å². The highest BCUT2D eigenvalue weighted by atomic mass is 14.7. The van der Waals surface area contributed by atoms with Gasteiger partial charge in [0.1, 0.15) is 0 Å². The Balaban J connectivity index is 3.02. The lowest BCUT2D eigenvalue weighted by molar-refractivity contribution is 0.326. The number of hydrogen-bond acceptors (Lipinski definition) is 2. The first-order valence-corrected chi connectivity index (χ1v) is 4.59. The largest absolute Gasteiger partial charge is 0.324 e. The van der Waals surface area contributed by atoms with E-state index < -0.39 is 0 Å². The fourth-order valence-electron chi connectivity index (χ4n) is 1.30. The molecule has 1 aromatic rings. The average molecular weight is 178 g/mol. The van der Waals surface area contributed by atoms with Gasteiger partial charge in [0.25, 0.3) is 0 Å². The quantitative estimate of drug-likeness (QED) is 0.717. The summed E-state index contributed by atoms with van der Waals surface area (Å²) in [6.07, 6.45) is 3.66. The SMILES string of the molecule is Cc1cnccc1[C@@H](N)C(C)(C)C. The van der Waals surface area contributed by atoms with Crippen LogP contribution >= 0.6 is 0 Å². The van der Waals surface area contributed by atoms with Crippen LogP contribution in [0, 0.1) is 12.3 Å². The highest BCUT2D eigenvalue weighted by Crippen LogP contribution is 2.31. The molecule has 0 aromatic carbocycles. The Morgan fingerprint density at radius 2 is 2.00 bits per heavy atom. The molecule has 0 amide bonds. The molecule has 2 heteroatoms. The monoisotopic (exact) mass is 178 g/mol. The van der Waals surface area contributed by atoms with Crippen molar-refractivity contribution in [2.45, 2.75) is 33.7 Å². The highest BCUT2D eigenvalue weighted by molar-refractivity contribution is 5.26. The summed E-state index contributed by atoms with van der Waals surface area (Å²) < 4.78 is 0. The van der Waals surface area contributed by atoms with Crippen molar-refractivity contribution in [3.05, 3.63) is 29.6 Å². The molecule has 1 heterocycles. The fraction of sp³-hybridized carbons (Fsp3) is 0.545. The lowest BCUT2D eigenvalue weighted by Gasteiger charge is -2.28. The smallest absolute Gasteiger partial charge is 0.0347 e. The summed E-state index contributed by atoms with van der Waals surface area (Å²) in [5.74, 6) is 0. The van der Waals surface area contributed by atoms with E-state index in [0.717, 1.165) is 0 Å². The second-order valence-electron chi connectivity index (χ2n) is 4.58. The Kier molecular flexibility index (Phi) is 2.71. The maximum absolute atomic E-state index is 6.15. The molecule has 1 aromatic heterocycles. The van der Waals surface area contributed by atoms with Gasteiger partial charge in [-0.05, 0) is 29.5 Å². The van der Waals surface area contributed by atoms with Crippen LogP contribution < -0.4 is 5.73 Å². The minimum absolute atomic E-state index is 0.0792. The molecule has 0 spiro atoms. The molecule has 0 aliphatic rings. The number of nitrogens with zero attached hydrogens (tertiary/aromatic N) is 1. The molecule has 0 fully saturated rings. The summed E-state index contributed by atoms with van der Waals surface area (Å²) in [6.45, 7) is 8.50. The van der Waals surface area contributed by atoms with Crippen LogP contribution in [-0.4, -0.2) is 4.98 Å². The fourth-order valence-corrected chi connectivity index (χ4v) is 1.30. The minimum atomic E-state index is 0.0792. The van der Waals surface area contributed by atoms with Crippen LogP contribution in [0.5, 0.6) is 0 Å². The zero-order chi connectivity index (χ0) is 10.1. The second-order valence-corrected chi connectivity index (χ2v) is 4.58. The summed E-state index contributed by atoms with van der Waals surface area (Å²) in [4.78, 5) is 4.05. The molecule has 0 saturated heterocycles. The van der Waals surface area contributed by atoms with Crippen molar-refractivity contribution in [2.24, 2.45) is 11.1 Å². The van der Waals surface area contributed by atoms with Gasteiger partial charge in [-0.3, -0.25) is 4.98 Å². The van der Waals surface area contributed by atoms with E-state index in [9.17, 15) is 0 Å². The van der Waals surface area contributed by atoms with Gasteiger partial charge in [-0.2, -0.15) is 0 Å². The lowest BCUT2D eigenvalue weighted by Crippen LogP contribution is -2.26. The van der Waals surface area contributed by atoms with E-state index in [1.807, 2.05) is 19.2 Å². The van der Waals surface area contributed by atoms with Crippen LogP contribution in [0.4, 0.5) is 0 Å². The number of aryl methyl sites for hydroxylation is 1. The third-order valence-corrected chi connectivity index (χ3v) is 2.33. The van der Waals surface area contributed by atoms with Gasteiger partial charge in [-0.15, -0.1) is 0 Å². The van der Waals surface area contributed by atoms with Gasteiger partial charge in [0.2, 0.25) is 0 Å². The number of rotatable bonds is 1. The van der Waals surface area contributed by atoms with Crippen molar-refractivity contribution in [3.63, 3.8) is 0 Å². The molecule has 1 atom stereocenters. The van der Waals surface area contributed by atoms with Gasteiger partial charge in [0, 0.05) is 18.4 Å². The second kappa shape index (κ2) is 3.46. The third kappa shape index (κ3) is 2.28. The van der Waals surface area contributed by atoms with Gasteiger partial charge >= 0.3 is 0 Å². The predicted molar refractivity (Wildman–Crippen MR) is 55.4 cm³/mol. The molecule has 0 aliphatic carbocycles. The molecule has 2 nitrogen and oxygen atoms in total. The van der Waals surface area contributed by atoms with Crippen LogP contribution in [0.15, 0.2) is 18.5 Å². The van der Waals surface area contributed by atoms with Crippen LogP contribution in [0.1, 0.15) is 37.9 Å². The molecule has 72 valence electrons. The zero-order valence-electron chi connectivity index (χ0n) is 8.83. The van der Waals surface area contributed by atoms with Crippen molar-refractivity contribution in [3.8, 4) is 0 Å². The van der Waals surface area contributed by atoms with E-state index in [2.05, 4.69) is 25.8 Å². The first kappa shape index (κ1) is 10.2. The first-order chi connectivity index (χ1) is 5.93. The Labute approximate surface area is 80.2 Å². The number of nitrogens with two attached hydrogens (primary N) is 1. The van der Waals surface area contributed by atoms with Gasteiger partial charge in [0.15, 0.2) is 0 Å². The van der Waals surface area contributed by atoms with E-state index in [1.165, 1.54) is 11.1 Å². The average Bonchev–Trinajstić information content (AvgIpc) is 2.02. The van der Waals surface area contributed by atoms with Gasteiger partial charge < -0.3 is 5.73 Å². The van der Waals surface area contributed by atoms with E-state index in [4.69, 9.17) is 5.73 Å². The Morgan fingerprint density at radius 3 is 2.46 bits per heavy atom. The molecule has 2 N–H and O–H groups in total. The first-order valence-electron chi connectivity index (χ1n) is 4.59. The number of pyridine rings is 1. The molecule has 0 aliphatic heterocycles. The molecule has 0 unspecified atom stereocenters. The summed E-state index contributed by atoms with van der Waals surface area (Å²) >= 11 is 0. The molecule has 1 rings (SSSR count). The van der Waals surface area contributed by atoms with Gasteiger partial charge in [0.05, 0.1) is 0 Å². The Bertz CT molecular complexity index is 286. The van der Waals surface area contributed by atoms with Gasteiger partial charge in [-0.1, -0.05) is 20.8 Å². The van der Waals surface area contributed by atoms with Gasteiger partial charge in [-0.25, -0.2) is 0 Å². The van der Waals surface area contributed by atoms with Crippen LogP contribution in [0.2, 0.25) is 0 Å². The van der Waals surface area contributed by atoms with Crippen molar-refractivity contribution in [2.75, 3.05) is 0 Å². The topological polar surface area (TPSA) is 38.9 Å². The highest BCUT2D eigenvalue weighted by Gasteiger charge is 2.23. The van der Waals surface area contributed by atoms with E-state index in [1.54, 1.807) is 6.20 Å². The Hall–Kier alpha value is -0.890. The normalized spacial score (nSPS) is 14.2. The molecular weight excluding hydrogens is 160 g/mol. The summed E-state index contributed by atoms with van der Waals surface area (Å²) in [6, 6.07) is 2.08. The maximum atomic E-state index is 6.15. The molecule has 0 bridgehead atoms. The van der Waals surface area contributed by atoms with Crippen molar-refractivity contribution in [1.82, 2.24) is 4.98 Å². The van der Waals surface area contributed by atoms with Crippen LogP contribution in [0.3, 0.4) is 0 Å². The molecule has 0 saturated carbocycles. The predicted octanol–water partition coefficient (Wildman–Crippen LogP) is 2.44. The number of aromatic nitrogens is 1. The molecule has 13 heavy (non-hydrogen) atoms. The molecule has 0 radical (unpaired) electrons. The zero-order valence-corrected chi connectivity index (χ0v) is 8.83. The van der Waals surface area contributed by atoms with E-state index >= 15 is 0 Å². The third-order valence-electron chi connectivity index (χ3n) is 2.33. The lowest BCUT2D eigenvalue weighted by atomic mass is 9.82. The molecular formula is C11H18N2. The maximum Gasteiger partial charge on any atom is 0.0347 e.